The minimum Gasteiger partial charge on any atom is -0.318 e. The Morgan fingerprint density at radius 1 is 1.50 bits per heavy atom. The quantitative estimate of drug-likeness (QED) is 0.491. The van der Waals surface area contributed by atoms with Crippen molar-refractivity contribution >= 4 is 0 Å². The van der Waals surface area contributed by atoms with E-state index in [1.165, 1.54) is 0 Å². The van der Waals surface area contributed by atoms with E-state index in [4.69, 9.17) is 0 Å². The van der Waals surface area contributed by atoms with Crippen molar-refractivity contribution in [3.05, 3.63) is 0 Å². The van der Waals surface area contributed by atoms with Crippen LogP contribution in [0.2, 0.25) is 0 Å². The lowest BCUT2D eigenvalue weighted by molar-refractivity contribution is 0.142. The van der Waals surface area contributed by atoms with E-state index in [1.54, 1.807) is 0 Å². The Hall–Kier alpha value is -0.160. The van der Waals surface area contributed by atoms with Gasteiger partial charge in [0.05, 0.1) is 6.17 Å². The number of hydrogen-bond acceptors (Lipinski definition) is 4. The molecule has 0 aromatic heterocycles. The topological polar surface area (TPSA) is 39.3 Å². The molecule has 1 saturated heterocycles. The lowest BCUT2D eigenvalue weighted by Gasteiger charge is -2.35. The standard InChI is InChI=1S/C8H20N4/c1-9-3-5-12-6-4-11-7-8(12)10-2/h8-11H,3-7H2,1-2H3. The van der Waals surface area contributed by atoms with E-state index in [2.05, 4.69) is 20.9 Å². The second-order valence-electron chi connectivity index (χ2n) is 3.15. The molecule has 0 aliphatic carbocycles. The minimum absolute atomic E-state index is 0.507. The van der Waals surface area contributed by atoms with Crippen LogP contribution < -0.4 is 16.0 Å². The predicted octanol–water partition coefficient (Wildman–Crippen LogP) is -1.34. The molecule has 1 atom stereocenters. The van der Waals surface area contributed by atoms with Gasteiger partial charge in [-0.3, -0.25) is 4.90 Å². The number of hydrogen-bond donors (Lipinski definition) is 3. The molecule has 1 aliphatic heterocycles. The van der Waals surface area contributed by atoms with Gasteiger partial charge in [-0.25, -0.2) is 0 Å². The number of rotatable bonds is 4. The maximum absolute atomic E-state index is 3.37. The molecule has 0 amide bonds. The maximum Gasteiger partial charge on any atom is 0.0724 e. The molecular weight excluding hydrogens is 152 g/mol. The van der Waals surface area contributed by atoms with Gasteiger partial charge in [-0.05, 0) is 14.1 Å². The fourth-order valence-electron chi connectivity index (χ4n) is 1.55. The van der Waals surface area contributed by atoms with Gasteiger partial charge >= 0.3 is 0 Å². The Morgan fingerprint density at radius 3 is 3.00 bits per heavy atom. The zero-order valence-corrected chi connectivity index (χ0v) is 8.06. The van der Waals surface area contributed by atoms with E-state index in [1.807, 2.05) is 14.1 Å². The molecule has 1 heterocycles. The van der Waals surface area contributed by atoms with E-state index in [0.29, 0.717) is 6.17 Å². The Kier molecular flexibility index (Phi) is 4.53. The first-order chi connectivity index (χ1) is 5.88. The van der Waals surface area contributed by atoms with Crippen LogP contribution in [0.25, 0.3) is 0 Å². The van der Waals surface area contributed by atoms with Crippen molar-refractivity contribution in [2.75, 3.05) is 46.8 Å². The van der Waals surface area contributed by atoms with Crippen LogP contribution >= 0.6 is 0 Å². The lowest BCUT2D eigenvalue weighted by atomic mass is 10.3. The molecule has 1 fully saturated rings. The van der Waals surface area contributed by atoms with Gasteiger partial charge < -0.3 is 16.0 Å². The summed E-state index contributed by atoms with van der Waals surface area (Å²) in [5.74, 6) is 0. The largest absolute Gasteiger partial charge is 0.318 e. The molecule has 0 radical (unpaired) electrons. The Bertz CT molecular complexity index is 118. The summed E-state index contributed by atoms with van der Waals surface area (Å²) in [5.41, 5.74) is 0. The summed E-state index contributed by atoms with van der Waals surface area (Å²) >= 11 is 0. The van der Waals surface area contributed by atoms with Crippen molar-refractivity contribution in [2.45, 2.75) is 6.17 Å². The monoisotopic (exact) mass is 172 g/mol. The van der Waals surface area contributed by atoms with Gasteiger partial charge in [-0.1, -0.05) is 0 Å². The fraction of sp³-hybridized carbons (Fsp3) is 1.00. The first kappa shape index (κ1) is 9.92. The molecule has 3 N–H and O–H groups in total. The van der Waals surface area contributed by atoms with Crippen molar-refractivity contribution in [3.63, 3.8) is 0 Å². The Labute approximate surface area is 74.7 Å². The third-order valence-corrected chi connectivity index (χ3v) is 2.34. The van der Waals surface area contributed by atoms with Gasteiger partial charge in [0.25, 0.3) is 0 Å². The molecule has 12 heavy (non-hydrogen) atoms. The van der Waals surface area contributed by atoms with Crippen LogP contribution in [-0.2, 0) is 0 Å². The SMILES string of the molecule is CNCCN1CCNCC1NC. The van der Waals surface area contributed by atoms with E-state index < -0.39 is 0 Å². The van der Waals surface area contributed by atoms with Gasteiger partial charge in [0.1, 0.15) is 0 Å². The molecule has 0 aromatic rings. The van der Waals surface area contributed by atoms with E-state index in [0.717, 1.165) is 32.7 Å². The number of nitrogens with zero attached hydrogens (tertiary/aromatic N) is 1. The van der Waals surface area contributed by atoms with Crippen LogP contribution in [-0.4, -0.2) is 57.9 Å². The lowest BCUT2D eigenvalue weighted by Crippen LogP contribution is -2.57. The zero-order chi connectivity index (χ0) is 8.81. The number of nitrogens with one attached hydrogen (secondary N) is 3. The highest BCUT2D eigenvalue weighted by atomic mass is 15.3. The van der Waals surface area contributed by atoms with Crippen LogP contribution in [0.4, 0.5) is 0 Å². The first-order valence-corrected chi connectivity index (χ1v) is 4.65. The summed E-state index contributed by atoms with van der Waals surface area (Å²) < 4.78 is 0. The van der Waals surface area contributed by atoms with Gasteiger partial charge in [-0.15, -0.1) is 0 Å². The molecule has 72 valence electrons. The smallest absolute Gasteiger partial charge is 0.0724 e. The number of likely N-dealkylation sites (N-methyl/N-ethyl adjacent to an activating group) is 2. The Balaban J connectivity index is 2.26. The van der Waals surface area contributed by atoms with Crippen LogP contribution in [0.5, 0.6) is 0 Å². The highest BCUT2D eigenvalue weighted by Gasteiger charge is 2.18. The molecule has 4 nitrogen and oxygen atoms in total. The normalized spacial score (nSPS) is 26.0. The maximum atomic E-state index is 3.37. The molecule has 1 aliphatic rings. The molecule has 0 spiro atoms. The van der Waals surface area contributed by atoms with Crippen LogP contribution in [0, 0.1) is 0 Å². The highest BCUT2D eigenvalue weighted by molar-refractivity contribution is 4.76. The van der Waals surface area contributed by atoms with Gasteiger partial charge in [0, 0.05) is 32.7 Å². The van der Waals surface area contributed by atoms with E-state index >= 15 is 0 Å². The van der Waals surface area contributed by atoms with Crippen LogP contribution in [0.1, 0.15) is 0 Å². The van der Waals surface area contributed by atoms with Crippen LogP contribution in [0.15, 0.2) is 0 Å². The summed E-state index contributed by atoms with van der Waals surface area (Å²) in [4.78, 5) is 2.47. The fourth-order valence-corrected chi connectivity index (χ4v) is 1.55. The van der Waals surface area contributed by atoms with E-state index in [-0.39, 0.29) is 0 Å². The number of piperazine rings is 1. The summed E-state index contributed by atoms with van der Waals surface area (Å²) in [7, 11) is 4.01. The molecule has 4 heteroatoms. The Morgan fingerprint density at radius 2 is 2.33 bits per heavy atom. The zero-order valence-electron chi connectivity index (χ0n) is 8.06. The minimum atomic E-state index is 0.507. The molecule has 0 bridgehead atoms. The molecule has 0 saturated carbocycles. The summed E-state index contributed by atoms with van der Waals surface area (Å²) in [6.07, 6.45) is 0.507. The van der Waals surface area contributed by atoms with Crippen molar-refractivity contribution in [2.24, 2.45) is 0 Å². The second kappa shape index (κ2) is 5.48. The summed E-state index contributed by atoms with van der Waals surface area (Å²) in [6.45, 7) is 5.51. The van der Waals surface area contributed by atoms with Gasteiger partial charge in [0.2, 0.25) is 0 Å². The third-order valence-electron chi connectivity index (χ3n) is 2.34. The molecule has 0 aromatic carbocycles. The molecule has 1 unspecified atom stereocenters. The van der Waals surface area contributed by atoms with Crippen molar-refractivity contribution in [1.29, 1.82) is 0 Å². The highest BCUT2D eigenvalue weighted by Crippen LogP contribution is 1.97. The average Bonchev–Trinajstić information content (AvgIpc) is 2.15. The first-order valence-electron chi connectivity index (χ1n) is 4.65. The average molecular weight is 172 g/mol. The summed E-state index contributed by atoms with van der Waals surface area (Å²) in [5, 5.41) is 9.84. The van der Waals surface area contributed by atoms with Gasteiger partial charge in [0.15, 0.2) is 0 Å². The van der Waals surface area contributed by atoms with Crippen molar-refractivity contribution in [3.8, 4) is 0 Å². The van der Waals surface area contributed by atoms with Crippen molar-refractivity contribution < 1.29 is 0 Å². The second-order valence-corrected chi connectivity index (χ2v) is 3.15. The summed E-state index contributed by atoms with van der Waals surface area (Å²) in [6, 6.07) is 0. The van der Waals surface area contributed by atoms with E-state index in [9.17, 15) is 0 Å². The predicted molar refractivity (Wildman–Crippen MR) is 51.2 cm³/mol. The van der Waals surface area contributed by atoms with Crippen LogP contribution in [0.3, 0.4) is 0 Å². The third kappa shape index (κ3) is 2.71. The molecule has 1 rings (SSSR count). The van der Waals surface area contributed by atoms with Gasteiger partial charge in [-0.2, -0.15) is 0 Å². The van der Waals surface area contributed by atoms with Crippen molar-refractivity contribution in [1.82, 2.24) is 20.9 Å². The molecular formula is C8H20N4.